The largest absolute Gasteiger partial charge is 0.496 e. The summed E-state index contributed by atoms with van der Waals surface area (Å²) in [5, 5.41) is 8.58. The van der Waals surface area contributed by atoms with Crippen molar-refractivity contribution in [2.75, 3.05) is 7.11 Å². The topological polar surface area (TPSA) is 33.0 Å². The number of hydrogen-bond acceptors (Lipinski definition) is 2. The van der Waals surface area contributed by atoms with E-state index in [-0.39, 0.29) is 0 Å². The molecule has 2 nitrogen and oxygen atoms in total. The second-order valence-corrected chi connectivity index (χ2v) is 3.01. The van der Waals surface area contributed by atoms with Crippen LogP contribution >= 0.6 is 0 Å². The van der Waals surface area contributed by atoms with E-state index >= 15 is 0 Å². The Morgan fingerprint density at radius 2 is 2.00 bits per heavy atom. The zero-order valence-electron chi connectivity index (χ0n) is 8.22. The van der Waals surface area contributed by atoms with Gasteiger partial charge in [0.05, 0.1) is 19.6 Å². The highest BCUT2D eigenvalue weighted by atomic mass is 16.5. The minimum Gasteiger partial charge on any atom is -0.496 e. The second-order valence-electron chi connectivity index (χ2n) is 3.01. The number of methoxy groups -OCH3 is 1. The van der Waals surface area contributed by atoms with E-state index in [1.165, 1.54) is 0 Å². The van der Waals surface area contributed by atoms with E-state index in [2.05, 4.69) is 6.07 Å². The van der Waals surface area contributed by atoms with Crippen LogP contribution in [-0.4, -0.2) is 7.11 Å². The lowest BCUT2D eigenvalue weighted by atomic mass is 10.0. The van der Waals surface area contributed by atoms with Crippen LogP contribution in [0, 0.1) is 25.2 Å². The van der Waals surface area contributed by atoms with Gasteiger partial charge in [0.1, 0.15) is 5.75 Å². The van der Waals surface area contributed by atoms with Gasteiger partial charge in [-0.15, -0.1) is 0 Å². The molecule has 0 saturated carbocycles. The molecule has 0 N–H and O–H groups in total. The minimum absolute atomic E-state index is 0.469. The molecule has 0 bridgehead atoms. The van der Waals surface area contributed by atoms with Crippen LogP contribution in [0.5, 0.6) is 5.75 Å². The number of ether oxygens (including phenoxy) is 1. The standard InChI is InChI=1S/C11H13NO/c1-8-9(2)11(13-3)5-4-10(8)6-7-12/h4-5H,6H2,1-3H3. The van der Waals surface area contributed by atoms with Crippen LogP contribution in [0.4, 0.5) is 0 Å². The van der Waals surface area contributed by atoms with Gasteiger partial charge in [-0.2, -0.15) is 5.26 Å². The number of benzene rings is 1. The van der Waals surface area contributed by atoms with Crippen molar-refractivity contribution in [2.45, 2.75) is 20.3 Å². The van der Waals surface area contributed by atoms with Crippen molar-refractivity contribution >= 4 is 0 Å². The Morgan fingerprint density at radius 3 is 2.54 bits per heavy atom. The summed E-state index contributed by atoms with van der Waals surface area (Å²) in [4.78, 5) is 0. The molecule has 1 aromatic rings. The maximum absolute atomic E-state index is 8.58. The maximum Gasteiger partial charge on any atom is 0.122 e. The van der Waals surface area contributed by atoms with E-state index in [1.54, 1.807) is 7.11 Å². The van der Waals surface area contributed by atoms with Crippen molar-refractivity contribution in [3.8, 4) is 11.8 Å². The number of nitrogens with zero attached hydrogens (tertiary/aromatic N) is 1. The summed E-state index contributed by atoms with van der Waals surface area (Å²) in [6.45, 7) is 4.03. The zero-order chi connectivity index (χ0) is 9.84. The first-order valence-electron chi connectivity index (χ1n) is 4.20. The highest BCUT2D eigenvalue weighted by molar-refractivity contribution is 5.44. The smallest absolute Gasteiger partial charge is 0.122 e. The van der Waals surface area contributed by atoms with Gasteiger partial charge in [-0.1, -0.05) is 6.07 Å². The van der Waals surface area contributed by atoms with E-state index in [9.17, 15) is 0 Å². The molecule has 0 aromatic heterocycles. The Labute approximate surface area is 78.8 Å². The molecular weight excluding hydrogens is 162 g/mol. The van der Waals surface area contributed by atoms with Crippen molar-refractivity contribution in [1.29, 1.82) is 5.26 Å². The molecule has 68 valence electrons. The fourth-order valence-electron chi connectivity index (χ4n) is 1.35. The Kier molecular flexibility index (Phi) is 2.92. The monoisotopic (exact) mass is 175 g/mol. The quantitative estimate of drug-likeness (QED) is 0.691. The molecule has 0 saturated heterocycles. The van der Waals surface area contributed by atoms with E-state index in [0.717, 1.165) is 22.4 Å². The summed E-state index contributed by atoms with van der Waals surface area (Å²) in [6, 6.07) is 6.01. The number of nitriles is 1. The van der Waals surface area contributed by atoms with Crippen LogP contribution < -0.4 is 4.74 Å². The van der Waals surface area contributed by atoms with Crippen LogP contribution in [0.2, 0.25) is 0 Å². The van der Waals surface area contributed by atoms with Crippen molar-refractivity contribution < 1.29 is 4.74 Å². The van der Waals surface area contributed by atoms with Gasteiger partial charge in [-0.3, -0.25) is 0 Å². The average Bonchev–Trinajstić information content (AvgIpc) is 2.14. The van der Waals surface area contributed by atoms with Gasteiger partial charge < -0.3 is 4.74 Å². The summed E-state index contributed by atoms with van der Waals surface area (Å²) in [6.07, 6.45) is 0.469. The predicted octanol–water partition coefficient (Wildman–Crippen LogP) is 2.38. The number of hydrogen-bond donors (Lipinski definition) is 0. The molecule has 0 amide bonds. The Morgan fingerprint density at radius 1 is 1.31 bits per heavy atom. The lowest BCUT2D eigenvalue weighted by molar-refractivity contribution is 0.411. The molecule has 0 fully saturated rings. The Hall–Kier alpha value is -1.49. The van der Waals surface area contributed by atoms with Gasteiger partial charge >= 0.3 is 0 Å². The van der Waals surface area contributed by atoms with Crippen molar-refractivity contribution in [1.82, 2.24) is 0 Å². The lowest BCUT2D eigenvalue weighted by Crippen LogP contribution is -1.94. The molecule has 1 rings (SSSR count). The van der Waals surface area contributed by atoms with Gasteiger partial charge in [-0.05, 0) is 36.6 Å². The highest BCUT2D eigenvalue weighted by Crippen LogP contribution is 2.23. The normalized spacial score (nSPS) is 9.38. The molecule has 0 spiro atoms. The van der Waals surface area contributed by atoms with E-state index in [0.29, 0.717) is 6.42 Å². The molecule has 13 heavy (non-hydrogen) atoms. The van der Waals surface area contributed by atoms with Gasteiger partial charge in [0.15, 0.2) is 0 Å². The van der Waals surface area contributed by atoms with Crippen LogP contribution in [0.15, 0.2) is 12.1 Å². The molecule has 0 aliphatic heterocycles. The van der Waals surface area contributed by atoms with Gasteiger partial charge in [0.2, 0.25) is 0 Å². The van der Waals surface area contributed by atoms with E-state index < -0.39 is 0 Å². The van der Waals surface area contributed by atoms with E-state index in [4.69, 9.17) is 10.00 Å². The summed E-state index contributed by atoms with van der Waals surface area (Å²) < 4.78 is 5.18. The average molecular weight is 175 g/mol. The molecule has 0 radical (unpaired) electrons. The third kappa shape index (κ3) is 1.81. The SMILES string of the molecule is COc1ccc(CC#N)c(C)c1C. The van der Waals surface area contributed by atoms with Crippen LogP contribution in [0.3, 0.4) is 0 Å². The molecule has 0 heterocycles. The first-order chi connectivity index (χ1) is 6.20. The van der Waals surface area contributed by atoms with E-state index in [1.807, 2.05) is 26.0 Å². The van der Waals surface area contributed by atoms with Crippen molar-refractivity contribution in [2.24, 2.45) is 0 Å². The zero-order valence-corrected chi connectivity index (χ0v) is 8.22. The molecule has 0 aliphatic rings. The fourth-order valence-corrected chi connectivity index (χ4v) is 1.35. The summed E-state index contributed by atoms with van der Waals surface area (Å²) in [5.41, 5.74) is 3.36. The summed E-state index contributed by atoms with van der Waals surface area (Å²) in [5.74, 6) is 0.888. The van der Waals surface area contributed by atoms with Gasteiger partial charge in [0, 0.05) is 0 Å². The van der Waals surface area contributed by atoms with Crippen molar-refractivity contribution in [3.05, 3.63) is 28.8 Å². The van der Waals surface area contributed by atoms with Crippen molar-refractivity contribution in [3.63, 3.8) is 0 Å². The van der Waals surface area contributed by atoms with Crippen LogP contribution in [-0.2, 0) is 6.42 Å². The molecule has 1 aromatic carbocycles. The Bertz CT molecular complexity index is 350. The van der Waals surface area contributed by atoms with Crippen LogP contribution in [0.1, 0.15) is 16.7 Å². The minimum atomic E-state index is 0.469. The summed E-state index contributed by atoms with van der Waals surface area (Å²) >= 11 is 0. The van der Waals surface area contributed by atoms with Gasteiger partial charge in [0.25, 0.3) is 0 Å². The second kappa shape index (κ2) is 3.95. The first kappa shape index (κ1) is 9.60. The lowest BCUT2D eigenvalue weighted by Gasteiger charge is -2.10. The van der Waals surface area contributed by atoms with Gasteiger partial charge in [-0.25, -0.2) is 0 Å². The maximum atomic E-state index is 8.58. The van der Waals surface area contributed by atoms with Crippen LogP contribution in [0.25, 0.3) is 0 Å². The third-order valence-corrected chi connectivity index (χ3v) is 2.34. The Balaban J connectivity index is 3.17. The molecular formula is C11H13NO. The number of rotatable bonds is 2. The fraction of sp³-hybridized carbons (Fsp3) is 0.364. The first-order valence-corrected chi connectivity index (χ1v) is 4.20. The summed E-state index contributed by atoms with van der Waals surface area (Å²) in [7, 11) is 1.66. The predicted molar refractivity (Wildman–Crippen MR) is 51.8 cm³/mol. The molecule has 0 atom stereocenters. The molecule has 0 unspecified atom stereocenters. The molecule has 2 heteroatoms. The third-order valence-electron chi connectivity index (χ3n) is 2.34. The molecule has 0 aliphatic carbocycles. The highest BCUT2D eigenvalue weighted by Gasteiger charge is 2.05.